The first kappa shape index (κ1) is 12.6. The van der Waals surface area contributed by atoms with Crippen molar-refractivity contribution < 1.29 is 9.13 Å². The number of benzene rings is 1. The average molecular weight is 224 g/mol. The smallest absolute Gasteiger partial charge is 0.123 e. The Labute approximate surface area is 95.3 Å². The highest BCUT2D eigenvalue weighted by molar-refractivity contribution is 5.93. The van der Waals surface area contributed by atoms with Gasteiger partial charge in [0.1, 0.15) is 5.82 Å². The van der Waals surface area contributed by atoms with Gasteiger partial charge in [0.2, 0.25) is 0 Å². The molecule has 0 radical (unpaired) electrons. The Morgan fingerprint density at radius 1 is 1.50 bits per heavy atom. The van der Waals surface area contributed by atoms with Crippen molar-refractivity contribution >= 4 is 11.5 Å². The summed E-state index contributed by atoms with van der Waals surface area (Å²) >= 11 is 0. The predicted molar refractivity (Wildman–Crippen MR) is 63.6 cm³/mol. The Morgan fingerprint density at radius 2 is 2.12 bits per heavy atom. The van der Waals surface area contributed by atoms with Gasteiger partial charge in [0.05, 0.1) is 11.9 Å². The largest absolute Gasteiger partial charge is 0.377 e. The van der Waals surface area contributed by atoms with E-state index in [0.29, 0.717) is 5.84 Å². The van der Waals surface area contributed by atoms with E-state index in [9.17, 15) is 4.39 Å². The number of methoxy groups -OCH3 is 1. The summed E-state index contributed by atoms with van der Waals surface area (Å²) in [6, 6.07) is 4.50. The molecule has 4 heteroatoms. The molecule has 0 aliphatic carbocycles. The summed E-state index contributed by atoms with van der Waals surface area (Å²) in [6.45, 7) is 3.54. The zero-order valence-electron chi connectivity index (χ0n) is 10.0. The van der Waals surface area contributed by atoms with Gasteiger partial charge in [-0.2, -0.15) is 0 Å². The number of ether oxygens (including phenoxy) is 1. The van der Waals surface area contributed by atoms with Gasteiger partial charge < -0.3 is 9.64 Å². The molecule has 1 unspecified atom stereocenters. The maximum Gasteiger partial charge on any atom is 0.123 e. The van der Waals surface area contributed by atoms with Gasteiger partial charge in [-0.15, -0.1) is 0 Å². The Morgan fingerprint density at radius 3 is 2.62 bits per heavy atom. The standard InChI is InChI=1S/C12H17FN2O/c1-8(16-4)11-7-10(13)5-6-12(11)15(3)9(2)14/h5-8,14H,1-4H3. The zero-order valence-corrected chi connectivity index (χ0v) is 10.0. The molecule has 1 rings (SSSR count). The van der Waals surface area contributed by atoms with E-state index >= 15 is 0 Å². The average Bonchev–Trinajstić information content (AvgIpc) is 2.26. The van der Waals surface area contributed by atoms with Crippen molar-refractivity contribution in [2.45, 2.75) is 20.0 Å². The number of rotatable bonds is 3. The highest BCUT2D eigenvalue weighted by Gasteiger charge is 2.15. The van der Waals surface area contributed by atoms with Crippen molar-refractivity contribution in [3.63, 3.8) is 0 Å². The summed E-state index contributed by atoms with van der Waals surface area (Å²) in [5, 5.41) is 7.58. The number of hydrogen-bond donors (Lipinski definition) is 1. The highest BCUT2D eigenvalue weighted by atomic mass is 19.1. The zero-order chi connectivity index (χ0) is 12.3. The van der Waals surface area contributed by atoms with Gasteiger partial charge in [0.25, 0.3) is 0 Å². The molecule has 0 heterocycles. The first-order valence-corrected chi connectivity index (χ1v) is 5.08. The first-order chi connectivity index (χ1) is 7.47. The van der Waals surface area contributed by atoms with Crippen molar-refractivity contribution in [2.24, 2.45) is 0 Å². The van der Waals surface area contributed by atoms with Crippen LogP contribution >= 0.6 is 0 Å². The summed E-state index contributed by atoms with van der Waals surface area (Å²) in [6.07, 6.45) is -0.201. The fraction of sp³-hybridized carbons (Fsp3) is 0.417. The summed E-state index contributed by atoms with van der Waals surface area (Å²) in [5.74, 6) is 0.106. The Hall–Kier alpha value is -1.42. The second-order valence-corrected chi connectivity index (χ2v) is 3.73. The molecule has 0 saturated carbocycles. The van der Waals surface area contributed by atoms with E-state index < -0.39 is 0 Å². The van der Waals surface area contributed by atoms with Crippen LogP contribution in [0.3, 0.4) is 0 Å². The molecule has 0 aliphatic heterocycles. The van der Waals surface area contributed by atoms with Gasteiger partial charge in [-0.05, 0) is 32.0 Å². The molecular weight excluding hydrogens is 207 g/mol. The van der Waals surface area contributed by atoms with E-state index in [0.717, 1.165) is 11.3 Å². The third-order valence-corrected chi connectivity index (χ3v) is 2.65. The van der Waals surface area contributed by atoms with Gasteiger partial charge in [-0.1, -0.05) is 0 Å². The van der Waals surface area contributed by atoms with Crippen LogP contribution in [-0.4, -0.2) is 20.0 Å². The van der Waals surface area contributed by atoms with Gasteiger partial charge in [0.15, 0.2) is 0 Å². The van der Waals surface area contributed by atoms with Gasteiger partial charge in [-0.25, -0.2) is 4.39 Å². The predicted octanol–water partition coefficient (Wildman–Crippen LogP) is 2.97. The topological polar surface area (TPSA) is 36.3 Å². The minimum absolute atomic E-state index is 0.201. The molecule has 1 aromatic rings. The van der Waals surface area contributed by atoms with E-state index in [-0.39, 0.29) is 11.9 Å². The summed E-state index contributed by atoms with van der Waals surface area (Å²) in [5.41, 5.74) is 1.54. The van der Waals surface area contributed by atoms with Crippen LogP contribution in [-0.2, 0) is 4.74 Å². The normalized spacial score (nSPS) is 12.3. The Balaban J connectivity index is 3.22. The van der Waals surface area contributed by atoms with E-state index in [1.165, 1.54) is 12.1 Å². The van der Waals surface area contributed by atoms with E-state index in [4.69, 9.17) is 10.1 Å². The fourth-order valence-corrected chi connectivity index (χ4v) is 1.46. The molecule has 0 aliphatic rings. The molecule has 3 nitrogen and oxygen atoms in total. The first-order valence-electron chi connectivity index (χ1n) is 5.08. The van der Waals surface area contributed by atoms with Crippen molar-refractivity contribution in [3.05, 3.63) is 29.6 Å². The van der Waals surface area contributed by atoms with Crippen LogP contribution in [0.4, 0.5) is 10.1 Å². The van der Waals surface area contributed by atoms with Crippen LogP contribution in [0.25, 0.3) is 0 Å². The van der Waals surface area contributed by atoms with Crippen molar-refractivity contribution in [2.75, 3.05) is 19.1 Å². The molecule has 0 saturated heterocycles. The van der Waals surface area contributed by atoms with Gasteiger partial charge in [-0.3, -0.25) is 5.41 Å². The lowest BCUT2D eigenvalue weighted by Gasteiger charge is -2.23. The fourth-order valence-electron chi connectivity index (χ4n) is 1.46. The van der Waals surface area contributed by atoms with Gasteiger partial charge >= 0.3 is 0 Å². The number of hydrogen-bond acceptors (Lipinski definition) is 2. The number of nitrogens with one attached hydrogen (secondary N) is 1. The summed E-state index contributed by atoms with van der Waals surface area (Å²) in [4.78, 5) is 1.70. The third-order valence-electron chi connectivity index (χ3n) is 2.65. The minimum atomic E-state index is -0.293. The molecule has 0 fully saturated rings. The summed E-state index contributed by atoms with van der Waals surface area (Å²) < 4.78 is 18.4. The number of nitrogens with zero attached hydrogens (tertiary/aromatic N) is 1. The molecular formula is C12H17FN2O. The molecule has 1 aromatic carbocycles. The van der Waals surface area contributed by atoms with E-state index in [1.54, 1.807) is 32.0 Å². The SMILES string of the molecule is COC(C)c1cc(F)ccc1N(C)C(C)=N. The van der Waals surface area contributed by atoms with Crippen molar-refractivity contribution in [3.8, 4) is 0 Å². The van der Waals surface area contributed by atoms with Gasteiger partial charge in [0, 0.05) is 25.4 Å². The molecule has 88 valence electrons. The Kier molecular flexibility index (Phi) is 4.01. The number of anilines is 1. The quantitative estimate of drug-likeness (QED) is 0.633. The van der Waals surface area contributed by atoms with Crippen LogP contribution in [0.5, 0.6) is 0 Å². The molecule has 0 bridgehead atoms. The molecule has 1 N–H and O–H groups in total. The summed E-state index contributed by atoms with van der Waals surface area (Å²) in [7, 11) is 3.36. The van der Waals surface area contributed by atoms with Crippen LogP contribution in [0.15, 0.2) is 18.2 Å². The van der Waals surface area contributed by atoms with E-state index in [1.807, 2.05) is 6.92 Å². The molecule has 0 spiro atoms. The van der Waals surface area contributed by atoms with Crippen molar-refractivity contribution in [1.29, 1.82) is 5.41 Å². The van der Waals surface area contributed by atoms with Crippen LogP contribution in [0.2, 0.25) is 0 Å². The molecule has 16 heavy (non-hydrogen) atoms. The molecule has 0 aromatic heterocycles. The second kappa shape index (κ2) is 5.07. The monoisotopic (exact) mass is 224 g/mol. The lowest BCUT2D eigenvalue weighted by atomic mass is 10.1. The lowest BCUT2D eigenvalue weighted by Crippen LogP contribution is -2.24. The van der Waals surface area contributed by atoms with E-state index in [2.05, 4.69) is 0 Å². The maximum atomic E-state index is 13.2. The number of amidine groups is 1. The maximum absolute atomic E-state index is 13.2. The highest BCUT2D eigenvalue weighted by Crippen LogP contribution is 2.28. The Bertz CT molecular complexity index is 393. The van der Waals surface area contributed by atoms with Crippen LogP contribution in [0, 0.1) is 11.2 Å². The van der Waals surface area contributed by atoms with Crippen LogP contribution in [0.1, 0.15) is 25.5 Å². The second-order valence-electron chi connectivity index (χ2n) is 3.73. The third kappa shape index (κ3) is 2.58. The number of halogens is 1. The lowest BCUT2D eigenvalue weighted by molar-refractivity contribution is 0.119. The van der Waals surface area contributed by atoms with Crippen LogP contribution < -0.4 is 4.90 Å². The van der Waals surface area contributed by atoms with Crippen molar-refractivity contribution in [1.82, 2.24) is 0 Å². The minimum Gasteiger partial charge on any atom is -0.377 e. The molecule has 0 amide bonds. The molecule has 1 atom stereocenters.